The van der Waals surface area contributed by atoms with E-state index in [-0.39, 0.29) is 6.03 Å². The molecule has 2 amide bonds. The van der Waals surface area contributed by atoms with Gasteiger partial charge in [0.1, 0.15) is 0 Å². The number of nitrogens with zero attached hydrogens (tertiary/aromatic N) is 2. The minimum absolute atomic E-state index is 0.00760. The Hall–Kier alpha value is -1.59. The van der Waals surface area contributed by atoms with Gasteiger partial charge in [-0.15, -0.1) is 0 Å². The molecule has 1 aromatic rings. The number of carbonyl (C=O) groups excluding carboxylic acids is 1. The van der Waals surface area contributed by atoms with E-state index in [9.17, 15) is 4.79 Å². The molecule has 0 aliphatic carbocycles. The zero-order chi connectivity index (χ0) is 14.8. The molecule has 5 nitrogen and oxygen atoms in total. The number of rotatable bonds is 2. The Labute approximate surface area is 125 Å². The molecular weight excluding hydrogens is 266 g/mol. The zero-order valence-corrected chi connectivity index (χ0v) is 12.8. The van der Waals surface area contributed by atoms with Gasteiger partial charge in [-0.1, -0.05) is 12.1 Å². The van der Waals surface area contributed by atoms with Crippen LogP contribution in [0.2, 0.25) is 0 Å². The van der Waals surface area contributed by atoms with Gasteiger partial charge in [0.25, 0.3) is 0 Å². The normalized spacial score (nSPS) is 20.2. The van der Waals surface area contributed by atoms with E-state index < -0.39 is 0 Å². The third-order valence-electron chi connectivity index (χ3n) is 4.35. The third kappa shape index (κ3) is 3.19. The average molecular weight is 289 g/mol. The standard InChI is InChI=1S/C16H23N3O2/c1-12-3-4-13(2)15(9-12)17-16(20)19-10-14(11-19)18-5-7-21-8-6-18/h3-4,9,14H,5-8,10-11H2,1-2H3,(H,17,20). The van der Waals surface area contributed by atoms with Gasteiger partial charge < -0.3 is 15.0 Å². The Kier molecular flexibility index (Phi) is 4.12. The Morgan fingerprint density at radius 3 is 2.67 bits per heavy atom. The van der Waals surface area contributed by atoms with Crippen molar-refractivity contribution in [1.29, 1.82) is 0 Å². The molecular formula is C16H23N3O2. The summed E-state index contributed by atoms with van der Waals surface area (Å²) in [4.78, 5) is 16.6. The molecule has 2 aliphatic heterocycles. The van der Waals surface area contributed by atoms with Crippen molar-refractivity contribution in [2.75, 3.05) is 44.7 Å². The number of nitrogens with one attached hydrogen (secondary N) is 1. The van der Waals surface area contributed by atoms with Crippen LogP contribution in [-0.2, 0) is 4.74 Å². The molecule has 1 aromatic carbocycles. The Balaban J connectivity index is 1.52. The maximum atomic E-state index is 12.3. The van der Waals surface area contributed by atoms with Gasteiger partial charge >= 0.3 is 6.03 Å². The number of amides is 2. The number of anilines is 1. The maximum Gasteiger partial charge on any atom is 0.321 e. The van der Waals surface area contributed by atoms with E-state index in [0.29, 0.717) is 6.04 Å². The Morgan fingerprint density at radius 2 is 1.95 bits per heavy atom. The fourth-order valence-electron chi connectivity index (χ4n) is 2.86. The number of urea groups is 1. The second-order valence-corrected chi connectivity index (χ2v) is 5.96. The molecule has 0 atom stereocenters. The molecule has 3 rings (SSSR count). The van der Waals surface area contributed by atoms with Crippen molar-refractivity contribution in [1.82, 2.24) is 9.80 Å². The van der Waals surface area contributed by atoms with E-state index in [1.807, 2.05) is 30.9 Å². The second kappa shape index (κ2) is 6.03. The first-order chi connectivity index (χ1) is 10.1. The first-order valence-electron chi connectivity index (χ1n) is 7.58. The van der Waals surface area contributed by atoms with E-state index in [2.05, 4.69) is 16.3 Å². The average Bonchev–Trinajstić information content (AvgIpc) is 2.42. The number of hydrogen-bond acceptors (Lipinski definition) is 3. The summed E-state index contributed by atoms with van der Waals surface area (Å²) in [5.41, 5.74) is 3.17. The number of hydrogen-bond donors (Lipinski definition) is 1. The van der Waals surface area contributed by atoms with Crippen molar-refractivity contribution in [3.05, 3.63) is 29.3 Å². The van der Waals surface area contributed by atoms with Crippen LogP contribution in [0.3, 0.4) is 0 Å². The minimum atomic E-state index is 0.00760. The van der Waals surface area contributed by atoms with Crippen LogP contribution in [0.25, 0.3) is 0 Å². The second-order valence-electron chi connectivity index (χ2n) is 5.96. The van der Waals surface area contributed by atoms with Crippen LogP contribution in [0, 0.1) is 13.8 Å². The van der Waals surface area contributed by atoms with Crippen molar-refractivity contribution in [3.8, 4) is 0 Å². The van der Waals surface area contributed by atoms with Crippen LogP contribution < -0.4 is 5.32 Å². The lowest BCUT2D eigenvalue weighted by Gasteiger charge is -2.46. The van der Waals surface area contributed by atoms with Crippen LogP contribution >= 0.6 is 0 Å². The summed E-state index contributed by atoms with van der Waals surface area (Å²) in [5.74, 6) is 0. The summed E-state index contributed by atoms with van der Waals surface area (Å²) in [5, 5.41) is 3.02. The fourth-order valence-corrected chi connectivity index (χ4v) is 2.86. The fraction of sp³-hybridized carbons (Fsp3) is 0.562. The van der Waals surface area contributed by atoms with Gasteiger partial charge in [-0.3, -0.25) is 4.90 Å². The van der Waals surface area contributed by atoms with Crippen molar-refractivity contribution in [2.24, 2.45) is 0 Å². The van der Waals surface area contributed by atoms with Crippen molar-refractivity contribution in [2.45, 2.75) is 19.9 Å². The summed E-state index contributed by atoms with van der Waals surface area (Å²) in [6.07, 6.45) is 0. The summed E-state index contributed by atoms with van der Waals surface area (Å²) in [6.45, 7) is 9.27. The SMILES string of the molecule is Cc1ccc(C)c(NC(=O)N2CC(N3CCOCC3)C2)c1. The summed E-state index contributed by atoms with van der Waals surface area (Å²) in [6, 6.07) is 6.62. The zero-order valence-electron chi connectivity index (χ0n) is 12.8. The minimum Gasteiger partial charge on any atom is -0.379 e. The molecule has 114 valence electrons. The van der Waals surface area contributed by atoms with Crippen LogP contribution in [-0.4, -0.2) is 61.3 Å². The molecule has 0 aromatic heterocycles. The summed E-state index contributed by atoms with van der Waals surface area (Å²) in [7, 11) is 0. The molecule has 5 heteroatoms. The molecule has 0 radical (unpaired) electrons. The molecule has 0 saturated carbocycles. The smallest absolute Gasteiger partial charge is 0.321 e. The maximum absolute atomic E-state index is 12.3. The summed E-state index contributed by atoms with van der Waals surface area (Å²) < 4.78 is 5.36. The van der Waals surface area contributed by atoms with Gasteiger partial charge in [0.15, 0.2) is 0 Å². The van der Waals surface area contributed by atoms with E-state index in [0.717, 1.165) is 56.2 Å². The molecule has 21 heavy (non-hydrogen) atoms. The highest BCUT2D eigenvalue weighted by atomic mass is 16.5. The van der Waals surface area contributed by atoms with E-state index >= 15 is 0 Å². The molecule has 0 spiro atoms. The van der Waals surface area contributed by atoms with Gasteiger partial charge in [0.05, 0.1) is 13.2 Å². The van der Waals surface area contributed by atoms with E-state index in [4.69, 9.17) is 4.74 Å². The predicted octanol–water partition coefficient (Wildman–Crippen LogP) is 1.85. The van der Waals surface area contributed by atoms with Crippen LogP contribution in [0.15, 0.2) is 18.2 Å². The molecule has 2 heterocycles. The molecule has 2 aliphatic rings. The quantitative estimate of drug-likeness (QED) is 0.904. The van der Waals surface area contributed by atoms with E-state index in [1.165, 1.54) is 0 Å². The number of benzene rings is 1. The van der Waals surface area contributed by atoms with Gasteiger partial charge in [0.2, 0.25) is 0 Å². The largest absolute Gasteiger partial charge is 0.379 e. The van der Waals surface area contributed by atoms with Gasteiger partial charge in [-0.2, -0.15) is 0 Å². The monoisotopic (exact) mass is 289 g/mol. The van der Waals surface area contributed by atoms with Gasteiger partial charge in [0, 0.05) is 37.9 Å². The molecule has 1 N–H and O–H groups in total. The van der Waals surface area contributed by atoms with Crippen LogP contribution in [0.4, 0.5) is 10.5 Å². The number of likely N-dealkylation sites (tertiary alicyclic amines) is 1. The topological polar surface area (TPSA) is 44.8 Å². The molecule has 2 fully saturated rings. The molecule has 2 saturated heterocycles. The van der Waals surface area contributed by atoms with Crippen LogP contribution in [0.5, 0.6) is 0 Å². The number of carbonyl (C=O) groups is 1. The Bertz CT molecular complexity index is 520. The third-order valence-corrected chi connectivity index (χ3v) is 4.35. The molecule has 0 unspecified atom stereocenters. The Morgan fingerprint density at radius 1 is 1.24 bits per heavy atom. The van der Waals surface area contributed by atoms with Crippen molar-refractivity contribution < 1.29 is 9.53 Å². The van der Waals surface area contributed by atoms with Crippen LogP contribution in [0.1, 0.15) is 11.1 Å². The highest BCUT2D eigenvalue weighted by Gasteiger charge is 2.35. The van der Waals surface area contributed by atoms with Crippen molar-refractivity contribution in [3.63, 3.8) is 0 Å². The van der Waals surface area contributed by atoms with Crippen molar-refractivity contribution >= 4 is 11.7 Å². The molecule has 0 bridgehead atoms. The summed E-state index contributed by atoms with van der Waals surface area (Å²) >= 11 is 0. The number of aryl methyl sites for hydroxylation is 2. The lowest BCUT2D eigenvalue weighted by atomic mass is 10.1. The lowest BCUT2D eigenvalue weighted by Crippen LogP contribution is -2.63. The lowest BCUT2D eigenvalue weighted by molar-refractivity contribution is -0.0189. The first-order valence-corrected chi connectivity index (χ1v) is 7.58. The van der Waals surface area contributed by atoms with E-state index in [1.54, 1.807) is 0 Å². The predicted molar refractivity (Wildman–Crippen MR) is 82.7 cm³/mol. The number of morpholine rings is 1. The highest BCUT2D eigenvalue weighted by Crippen LogP contribution is 2.20. The van der Waals surface area contributed by atoms with Gasteiger partial charge in [-0.05, 0) is 31.0 Å². The number of ether oxygens (including phenoxy) is 1. The van der Waals surface area contributed by atoms with Gasteiger partial charge in [-0.25, -0.2) is 4.79 Å². The highest BCUT2D eigenvalue weighted by molar-refractivity contribution is 5.90. The first kappa shape index (κ1) is 14.4.